The molecule has 0 radical (unpaired) electrons. The first-order valence-electron chi connectivity index (χ1n) is 7.14. The zero-order valence-electron chi connectivity index (χ0n) is 13.8. The number of sulfone groups is 2. The second kappa shape index (κ2) is 7.28. The topological polar surface area (TPSA) is 86.7 Å². The summed E-state index contributed by atoms with van der Waals surface area (Å²) in [5.41, 5.74) is 0. The number of benzene rings is 2. The summed E-state index contributed by atoms with van der Waals surface area (Å²) in [6, 6.07) is 11.4. The van der Waals surface area contributed by atoms with E-state index in [-0.39, 0.29) is 9.79 Å². The fourth-order valence-electron chi connectivity index (χ4n) is 2.08. The van der Waals surface area contributed by atoms with Crippen molar-refractivity contribution in [3.8, 4) is 11.5 Å². The van der Waals surface area contributed by atoms with E-state index in [9.17, 15) is 16.8 Å². The molecular weight excluding hydrogens is 364 g/mol. The summed E-state index contributed by atoms with van der Waals surface area (Å²) in [5, 5.41) is 0. The highest BCUT2D eigenvalue weighted by Crippen LogP contribution is 2.24. The summed E-state index contributed by atoms with van der Waals surface area (Å²) in [7, 11) is -4.89. The van der Waals surface area contributed by atoms with Crippen LogP contribution in [0.4, 0.5) is 0 Å². The highest BCUT2D eigenvalue weighted by Gasteiger charge is 2.25. The maximum Gasteiger partial charge on any atom is 0.203 e. The van der Waals surface area contributed by atoms with Gasteiger partial charge in [-0.1, -0.05) is 6.58 Å². The SMILES string of the molecule is C=C(CS(=O)(=O)c1ccc(OC)cc1)S(=O)(=O)c1ccc(OC)cc1. The third-order valence-electron chi connectivity index (χ3n) is 3.52. The van der Waals surface area contributed by atoms with E-state index in [1.807, 2.05) is 0 Å². The van der Waals surface area contributed by atoms with Crippen LogP contribution < -0.4 is 9.47 Å². The Kier molecular flexibility index (Phi) is 5.54. The molecule has 2 aromatic carbocycles. The number of rotatable bonds is 7. The molecule has 0 fully saturated rings. The van der Waals surface area contributed by atoms with E-state index in [1.165, 1.54) is 62.8 Å². The van der Waals surface area contributed by atoms with Crippen LogP contribution in [0, 0.1) is 0 Å². The predicted molar refractivity (Wildman–Crippen MR) is 94.4 cm³/mol. The van der Waals surface area contributed by atoms with Gasteiger partial charge in [-0.05, 0) is 48.5 Å². The van der Waals surface area contributed by atoms with E-state index in [4.69, 9.17) is 9.47 Å². The van der Waals surface area contributed by atoms with Gasteiger partial charge < -0.3 is 9.47 Å². The summed E-state index contributed by atoms with van der Waals surface area (Å²) in [5.74, 6) is 0.298. The molecule has 0 saturated carbocycles. The molecule has 25 heavy (non-hydrogen) atoms. The highest BCUT2D eigenvalue weighted by molar-refractivity contribution is 7.98. The Labute approximate surface area is 147 Å². The van der Waals surface area contributed by atoms with Gasteiger partial charge in [-0.25, -0.2) is 16.8 Å². The maximum absolute atomic E-state index is 12.5. The average Bonchev–Trinajstić information content (AvgIpc) is 2.61. The Morgan fingerprint density at radius 3 is 1.60 bits per heavy atom. The van der Waals surface area contributed by atoms with E-state index in [2.05, 4.69) is 6.58 Å². The molecule has 0 N–H and O–H groups in total. The van der Waals surface area contributed by atoms with E-state index in [1.54, 1.807) is 0 Å². The van der Waals surface area contributed by atoms with Crippen LogP contribution in [0.2, 0.25) is 0 Å². The Bertz CT molecular complexity index is 957. The summed E-state index contributed by atoms with van der Waals surface area (Å²) < 4.78 is 59.9. The first-order chi connectivity index (χ1) is 11.7. The monoisotopic (exact) mass is 382 g/mol. The molecule has 2 aromatic rings. The summed E-state index contributed by atoms with van der Waals surface area (Å²) in [4.78, 5) is -0.434. The van der Waals surface area contributed by atoms with Crippen LogP contribution in [0.5, 0.6) is 11.5 Å². The Morgan fingerprint density at radius 1 is 0.800 bits per heavy atom. The minimum absolute atomic E-state index is 0.000573. The van der Waals surface area contributed by atoms with Crippen molar-refractivity contribution in [1.29, 1.82) is 0 Å². The predicted octanol–water partition coefficient (Wildman–Crippen LogP) is 2.47. The fraction of sp³-hybridized carbons (Fsp3) is 0.176. The lowest BCUT2D eigenvalue weighted by molar-refractivity contribution is 0.414. The van der Waals surface area contributed by atoms with Gasteiger partial charge in [0, 0.05) is 0 Å². The van der Waals surface area contributed by atoms with Crippen LogP contribution in [0.25, 0.3) is 0 Å². The van der Waals surface area contributed by atoms with Crippen LogP contribution in [-0.4, -0.2) is 36.8 Å². The molecule has 134 valence electrons. The molecule has 0 aliphatic heterocycles. The Hall–Kier alpha value is -2.32. The standard InChI is InChI=1S/C17H18O6S2/c1-13(25(20,21)17-10-6-15(23-3)7-11-17)12-24(18,19)16-8-4-14(22-2)5-9-16/h4-11H,1,12H2,2-3H3. The van der Waals surface area contributed by atoms with Crippen molar-refractivity contribution in [3.05, 3.63) is 60.0 Å². The van der Waals surface area contributed by atoms with Gasteiger partial charge in [-0.3, -0.25) is 0 Å². The molecule has 0 aliphatic rings. The lowest BCUT2D eigenvalue weighted by Crippen LogP contribution is -2.15. The number of hydrogen-bond acceptors (Lipinski definition) is 6. The van der Waals surface area contributed by atoms with Gasteiger partial charge >= 0.3 is 0 Å². The van der Waals surface area contributed by atoms with Crippen LogP contribution in [0.1, 0.15) is 0 Å². The molecule has 0 aromatic heterocycles. The van der Waals surface area contributed by atoms with Crippen molar-refractivity contribution >= 4 is 19.7 Å². The highest BCUT2D eigenvalue weighted by atomic mass is 32.2. The average molecular weight is 382 g/mol. The van der Waals surface area contributed by atoms with Gasteiger partial charge in [0.1, 0.15) is 11.5 Å². The number of hydrogen-bond donors (Lipinski definition) is 0. The minimum Gasteiger partial charge on any atom is -0.497 e. The lowest BCUT2D eigenvalue weighted by Gasteiger charge is -2.10. The maximum atomic E-state index is 12.5. The molecule has 0 unspecified atom stereocenters. The minimum atomic E-state index is -3.97. The molecule has 0 aliphatic carbocycles. The molecule has 0 amide bonds. The molecule has 0 saturated heterocycles. The number of ether oxygens (including phenoxy) is 2. The van der Waals surface area contributed by atoms with Crippen LogP contribution >= 0.6 is 0 Å². The molecule has 0 heterocycles. The lowest BCUT2D eigenvalue weighted by atomic mass is 10.3. The molecule has 0 bridgehead atoms. The quantitative estimate of drug-likeness (QED) is 0.731. The van der Waals surface area contributed by atoms with Crippen LogP contribution in [-0.2, 0) is 19.7 Å². The molecule has 6 nitrogen and oxygen atoms in total. The van der Waals surface area contributed by atoms with Crippen molar-refractivity contribution in [1.82, 2.24) is 0 Å². The largest absolute Gasteiger partial charge is 0.497 e. The van der Waals surface area contributed by atoms with E-state index >= 15 is 0 Å². The van der Waals surface area contributed by atoms with Crippen molar-refractivity contribution in [3.63, 3.8) is 0 Å². The Morgan fingerprint density at radius 2 is 1.20 bits per heavy atom. The molecule has 2 rings (SSSR count). The third-order valence-corrected chi connectivity index (χ3v) is 7.22. The zero-order valence-corrected chi connectivity index (χ0v) is 15.4. The van der Waals surface area contributed by atoms with Crippen molar-refractivity contribution in [2.75, 3.05) is 20.0 Å². The molecule has 8 heteroatoms. The van der Waals surface area contributed by atoms with Crippen molar-refractivity contribution in [2.24, 2.45) is 0 Å². The van der Waals surface area contributed by atoms with Crippen LogP contribution in [0.3, 0.4) is 0 Å². The normalized spacial score (nSPS) is 11.8. The first-order valence-corrected chi connectivity index (χ1v) is 10.3. The second-order valence-electron chi connectivity index (χ2n) is 5.15. The molecule has 0 atom stereocenters. The van der Waals surface area contributed by atoms with E-state index < -0.39 is 30.3 Å². The first kappa shape index (κ1) is 19.0. The van der Waals surface area contributed by atoms with Gasteiger partial charge in [0.05, 0.1) is 34.7 Å². The summed E-state index contributed by atoms with van der Waals surface area (Å²) in [6.45, 7) is 3.47. The smallest absolute Gasteiger partial charge is 0.203 e. The van der Waals surface area contributed by atoms with Gasteiger partial charge in [-0.2, -0.15) is 0 Å². The van der Waals surface area contributed by atoms with Gasteiger partial charge in [0.2, 0.25) is 9.84 Å². The summed E-state index contributed by atoms with van der Waals surface area (Å²) in [6.07, 6.45) is 0. The second-order valence-corrected chi connectivity index (χ2v) is 9.20. The fourth-order valence-corrected chi connectivity index (χ4v) is 5.13. The zero-order chi connectivity index (χ0) is 18.7. The van der Waals surface area contributed by atoms with E-state index in [0.717, 1.165) is 0 Å². The summed E-state index contributed by atoms with van der Waals surface area (Å²) >= 11 is 0. The third kappa shape index (κ3) is 4.21. The number of methoxy groups -OCH3 is 2. The van der Waals surface area contributed by atoms with Crippen molar-refractivity contribution < 1.29 is 26.3 Å². The molecular formula is C17H18O6S2. The Balaban J connectivity index is 2.26. The van der Waals surface area contributed by atoms with Gasteiger partial charge in [-0.15, -0.1) is 0 Å². The van der Waals surface area contributed by atoms with E-state index in [0.29, 0.717) is 11.5 Å². The van der Waals surface area contributed by atoms with Gasteiger partial charge in [0.25, 0.3) is 0 Å². The van der Waals surface area contributed by atoms with Gasteiger partial charge in [0.15, 0.2) is 9.84 Å². The molecule has 0 spiro atoms. The van der Waals surface area contributed by atoms with Crippen molar-refractivity contribution in [2.45, 2.75) is 9.79 Å². The van der Waals surface area contributed by atoms with Crippen LogP contribution in [0.15, 0.2) is 69.8 Å².